The van der Waals surface area contributed by atoms with Gasteiger partial charge in [0.2, 0.25) is 0 Å². The summed E-state index contributed by atoms with van der Waals surface area (Å²) in [4.78, 5) is 2.72. The largest absolute Gasteiger partial charge is 0.314 e. The molecule has 1 aromatic carbocycles. The maximum atomic E-state index is 3.50. The summed E-state index contributed by atoms with van der Waals surface area (Å²) in [6.07, 6.45) is 3.89. The topological polar surface area (TPSA) is 15.3 Å². The van der Waals surface area contributed by atoms with Gasteiger partial charge in [0.05, 0.1) is 0 Å². The second-order valence-corrected chi connectivity index (χ2v) is 6.98. The molecule has 1 heterocycles. The van der Waals surface area contributed by atoms with E-state index < -0.39 is 0 Å². The molecule has 0 unspecified atom stereocenters. The van der Waals surface area contributed by atoms with E-state index in [1.54, 1.807) is 5.56 Å². The summed E-state index contributed by atoms with van der Waals surface area (Å²) in [6.45, 7) is 18.5. The van der Waals surface area contributed by atoms with E-state index in [-0.39, 0.29) is 0 Å². The van der Waals surface area contributed by atoms with Gasteiger partial charge in [-0.3, -0.25) is 4.90 Å². The minimum absolute atomic E-state index is 0.597. The van der Waals surface area contributed by atoms with Gasteiger partial charge in [-0.25, -0.2) is 0 Å². The summed E-state index contributed by atoms with van der Waals surface area (Å²) < 4.78 is 0. The highest BCUT2D eigenvalue weighted by molar-refractivity contribution is 5.50. The standard InChI is InChI=1S/C20H34N2/c1-7-8-9-19(22-12-10-21-11-13-22)20-17(5)15(3)14(2)16(4)18(20)6/h19,21H,7-13H2,1-6H3/t19-/m1/s1. The molecular formula is C20H34N2. The minimum atomic E-state index is 0.597. The molecule has 1 aliphatic heterocycles. The predicted molar refractivity (Wildman–Crippen MR) is 96.8 cm³/mol. The average molecular weight is 303 g/mol. The fourth-order valence-corrected chi connectivity index (χ4v) is 3.93. The van der Waals surface area contributed by atoms with Crippen molar-refractivity contribution in [2.24, 2.45) is 0 Å². The van der Waals surface area contributed by atoms with Gasteiger partial charge in [-0.15, -0.1) is 0 Å². The Morgan fingerprint density at radius 2 is 1.36 bits per heavy atom. The molecular weight excluding hydrogens is 268 g/mol. The lowest BCUT2D eigenvalue weighted by molar-refractivity contribution is 0.162. The molecule has 1 aromatic rings. The Morgan fingerprint density at radius 1 is 0.864 bits per heavy atom. The second-order valence-electron chi connectivity index (χ2n) is 6.98. The van der Waals surface area contributed by atoms with Crippen molar-refractivity contribution >= 4 is 0 Å². The lowest BCUT2D eigenvalue weighted by atomic mass is 9.84. The van der Waals surface area contributed by atoms with Crippen LogP contribution >= 0.6 is 0 Å². The van der Waals surface area contributed by atoms with Crippen molar-refractivity contribution in [1.82, 2.24) is 10.2 Å². The van der Waals surface area contributed by atoms with Crippen LogP contribution in [0, 0.1) is 34.6 Å². The molecule has 0 aliphatic carbocycles. The molecule has 1 N–H and O–H groups in total. The summed E-state index contributed by atoms with van der Waals surface area (Å²) in [5, 5.41) is 3.50. The van der Waals surface area contributed by atoms with Gasteiger partial charge < -0.3 is 5.32 Å². The number of hydrogen-bond donors (Lipinski definition) is 1. The number of nitrogens with one attached hydrogen (secondary N) is 1. The molecule has 0 aromatic heterocycles. The van der Waals surface area contributed by atoms with Gasteiger partial charge in [0.1, 0.15) is 0 Å². The summed E-state index contributed by atoms with van der Waals surface area (Å²) in [7, 11) is 0. The normalized spacial score (nSPS) is 17.7. The van der Waals surface area contributed by atoms with E-state index in [0.717, 1.165) is 13.1 Å². The third-order valence-electron chi connectivity index (χ3n) is 5.81. The molecule has 1 aliphatic rings. The highest BCUT2D eigenvalue weighted by Gasteiger charge is 2.26. The van der Waals surface area contributed by atoms with Crippen molar-refractivity contribution in [3.05, 3.63) is 33.4 Å². The third kappa shape index (κ3) is 3.38. The van der Waals surface area contributed by atoms with Crippen LogP contribution in [0.15, 0.2) is 0 Å². The molecule has 0 amide bonds. The fraction of sp³-hybridized carbons (Fsp3) is 0.700. The van der Waals surface area contributed by atoms with Gasteiger partial charge in [-0.2, -0.15) is 0 Å². The van der Waals surface area contributed by atoms with Crippen LogP contribution in [0.5, 0.6) is 0 Å². The first-order valence-corrected chi connectivity index (χ1v) is 9.00. The summed E-state index contributed by atoms with van der Waals surface area (Å²) in [5.74, 6) is 0. The first-order valence-electron chi connectivity index (χ1n) is 9.00. The lowest BCUT2D eigenvalue weighted by Gasteiger charge is -2.38. The third-order valence-corrected chi connectivity index (χ3v) is 5.81. The predicted octanol–water partition coefficient (Wildman–Crippen LogP) is 4.37. The van der Waals surface area contributed by atoms with E-state index in [1.165, 1.54) is 60.2 Å². The van der Waals surface area contributed by atoms with Crippen LogP contribution in [0.3, 0.4) is 0 Å². The van der Waals surface area contributed by atoms with Crippen LogP contribution in [-0.4, -0.2) is 31.1 Å². The number of unbranched alkanes of at least 4 members (excludes halogenated alkanes) is 1. The molecule has 22 heavy (non-hydrogen) atoms. The van der Waals surface area contributed by atoms with E-state index in [2.05, 4.69) is 51.8 Å². The summed E-state index contributed by atoms with van der Waals surface area (Å²) in [6, 6.07) is 0.597. The SMILES string of the molecule is CCCC[C@H](c1c(C)c(C)c(C)c(C)c1C)N1CCNCC1. The van der Waals surface area contributed by atoms with Crippen LogP contribution in [0.4, 0.5) is 0 Å². The first-order chi connectivity index (χ1) is 10.5. The molecule has 1 saturated heterocycles. The van der Waals surface area contributed by atoms with Gasteiger partial charge >= 0.3 is 0 Å². The fourth-order valence-electron chi connectivity index (χ4n) is 3.93. The lowest BCUT2D eigenvalue weighted by Crippen LogP contribution is -2.45. The van der Waals surface area contributed by atoms with E-state index in [9.17, 15) is 0 Å². The minimum Gasteiger partial charge on any atom is -0.314 e. The molecule has 1 atom stereocenters. The van der Waals surface area contributed by atoms with E-state index in [0.29, 0.717) is 6.04 Å². The zero-order valence-electron chi connectivity index (χ0n) is 15.5. The zero-order valence-corrected chi connectivity index (χ0v) is 15.5. The maximum absolute atomic E-state index is 3.50. The number of piperazine rings is 1. The van der Waals surface area contributed by atoms with Gasteiger partial charge in [-0.1, -0.05) is 19.8 Å². The molecule has 0 radical (unpaired) electrons. The van der Waals surface area contributed by atoms with Gasteiger partial charge in [0.25, 0.3) is 0 Å². The van der Waals surface area contributed by atoms with Crippen molar-refractivity contribution in [2.75, 3.05) is 26.2 Å². The number of rotatable bonds is 5. The van der Waals surface area contributed by atoms with E-state index in [4.69, 9.17) is 0 Å². The Kier molecular flexibility index (Phi) is 6.05. The molecule has 2 rings (SSSR count). The van der Waals surface area contributed by atoms with E-state index >= 15 is 0 Å². The van der Waals surface area contributed by atoms with Crippen molar-refractivity contribution < 1.29 is 0 Å². The maximum Gasteiger partial charge on any atom is 0.0354 e. The van der Waals surface area contributed by atoms with Crippen molar-refractivity contribution in [2.45, 2.75) is 66.8 Å². The molecule has 1 fully saturated rings. The van der Waals surface area contributed by atoms with Crippen LogP contribution in [-0.2, 0) is 0 Å². The van der Waals surface area contributed by atoms with Crippen LogP contribution in [0.1, 0.15) is 65.6 Å². The quantitative estimate of drug-likeness (QED) is 0.869. The molecule has 0 bridgehead atoms. The smallest absolute Gasteiger partial charge is 0.0354 e. The first kappa shape index (κ1) is 17.5. The van der Waals surface area contributed by atoms with Gasteiger partial charge in [-0.05, 0) is 74.4 Å². The molecule has 0 saturated carbocycles. The molecule has 124 valence electrons. The molecule has 0 spiro atoms. The Bertz CT molecular complexity index is 484. The number of hydrogen-bond acceptors (Lipinski definition) is 2. The average Bonchev–Trinajstić information content (AvgIpc) is 2.55. The molecule has 2 nitrogen and oxygen atoms in total. The van der Waals surface area contributed by atoms with Crippen LogP contribution in [0.2, 0.25) is 0 Å². The Morgan fingerprint density at radius 3 is 1.86 bits per heavy atom. The Balaban J connectivity index is 2.46. The Labute approximate surface area is 137 Å². The highest BCUT2D eigenvalue weighted by Crippen LogP contribution is 2.36. The van der Waals surface area contributed by atoms with E-state index in [1.807, 2.05) is 0 Å². The zero-order chi connectivity index (χ0) is 16.3. The summed E-state index contributed by atoms with van der Waals surface area (Å²) in [5.41, 5.74) is 9.15. The van der Waals surface area contributed by atoms with Crippen molar-refractivity contribution in [3.63, 3.8) is 0 Å². The Hall–Kier alpha value is -0.860. The van der Waals surface area contributed by atoms with Crippen molar-refractivity contribution in [1.29, 1.82) is 0 Å². The van der Waals surface area contributed by atoms with Crippen LogP contribution in [0.25, 0.3) is 0 Å². The monoisotopic (exact) mass is 302 g/mol. The number of benzene rings is 1. The van der Waals surface area contributed by atoms with Crippen molar-refractivity contribution in [3.8, 4) is 0 Å². The number of nitrogens with zero attached hydrogens (tertiary/aromatic N) is 1. The highest BCUT2D eigenvalue weighted by atomic mass is 15.2. The van der Waals surface area contributed by atoms with Gasteiger partial charge in [0, 0.05) is 32.2 Å². The van der Waals surface area contributed by atoms with Gasteiger partial charge in [0.15, 0.2) is 0 Å². The van der Waals surface area contributed by atoms with Crippen LogP contribution < -0.4 is 5.32 Å². The molecule has 2 heteroatoms. The second kappa shape index (κ2) is 7.61. The summed E-state index contributed by atoms with van der Waals surface area (Å²) >= 11 is 0.